The van der Waals surface area contributed by atoms with Crippen molar-refractivity contribution in [3.63, 3.8) is 0 Å². The van der Waals surface area contributed by atoms with Crippen molar-refractivity contribution in [2.24, 2.45) is 11.8 Å². The van der Waals surface area contributed by atoms with Crippen LogP contribution in [0.1, 0.15) is 88.2 Å². The Kier molecular flexibility index (Phi) is 10.1. The van der Waals surface area contributed by atoms with Crippen molar-refractivity contribution in [2.75, 3.05) is 37.6 Å². The molecule has 2 fully saturated rings. The highest BCUT2D eigenvalue weighted by molar-refractivity contribution is 5.87. The molecule has 230 valence electrons. The van der Waals surface area contributed by atoms with Crippen molar-refractivity contribution in [1.29, 1.82) is 0 Å². The second-order valence-corrected chi connectivity index (χ2v) is 13.0. The van der Waals surface area contributed by atoms with Crippen LogP contribution in [0.2, 0.25) is 0 Å². The number of hydrogen-bond donors (Lipinski definition) is 0. The van der Waals surface area contributed by atoms with Crippen LogP contribution in [0.4, 0.5) is 5.82 Å². The molecule has 0 N–H and O–H groups in total. The van der Waals surface area contributed by atoms with Crippen LogP contribution in [-0.4, -0.2) is 76.3 Å². The van der Waals surface area contributed by atoms with E-state index in [4.69, 9.17) is 9.97 Å². The van der Waals surface area contributed by atoms with Crippen LogP contribution in [0.15, 0.2) is 49.2 Å². The zero-order valence-corrected chi connectivity index (χ0v) is 26.5. The summed E-state index contributed by atoms with van der Waals surface area (Å²) >= 11 is 0. The highest BCUT2D eigenvalue weighted by Gasteiger charge is 2.30. The summed E-state index contributed by atoms with van der Waals surface area (Å²) in [5.74, 6) is 3.26. The molecule has 1 aromatic carbocycles. The molecule has 1 saturated carbocycles. The number of hydrogen-bond acceptors (Lipinski definition) is 6. The van der Waals surface area contributed by atoms with Crippen molar-refractivity contribution in [2.45, 2.75) is 84.2 Å². The Labute approximate surface area is 258 Å². The van der Waals surface area contributed by atoms with E-state index in [9.17, 15) is 9.59 Å². The SMILES string of the molecule is C=CC(=O)N1CCN(CCN2c3nc(Cc4ccc(C5CCC(C(=O)C(C)C)CC5)cc4)ncc3C=CC2C)[C@@H](CC)C1. The molecule has 7 nitrogen and oxygen atoms in total. The summed E-state index contributed by atoms with van der Waals surface area (Å²) in [6.45, 7) is 16.3. The molecule has 3 aliphatic rings. The Bertz CT molecular complexity index is 1310. The molecule has 2 atom stereocenters. The monoisotopic (exact) mass is 583 g/mol. The van der Waals surface area contributed by atoms with Crippen molar-refractivity contribution < 1.29 is 9.59 Å². The van der Waals surface area contributed by atoms with Crippen molar-refractivity contribution in [3.05, 3.63) is 71.7 Å². The van der Waals surface area contributed by atoms with Crippen molar-refractivity contribution in [3.8, 4) is 0 Å². The average molecular weight is 584 g/mol. The van der Waals surface area contributed by atoms with Crippen molar-refractivity contribution in [1.82, 2.24) is 19.8 Å². The fourth-order valence-corrected chi connectivity index (χ4v) is 7.11. The van der Waals surface area contributed by atoms with E-state index < -0.39 is 0 Å². The third-order valence-corrected chi connectivity index (χ3v) is 9.87. The largest absolute Gasteiger partial charge is 0.349 e. The molecule has 2 aromatic rings. The van der Waals surface area contributed by atoms with Gasteiger partial charge in [-0.3, -0.25) is 14.5 Å². The molecule has 2 aliphatic heterocycles. The molecule has 7 heteroatoms. The molecule has 5 rings (SSSR count). The summed E-state index contributed by atoms with van der Waals surface area (Å²) in [7, 11) is 0. The van der Waals surface area contributed by atoms with Gasteiger partial charge in [-0.1, -0.05) is 63.8 Å². The number of rotatable bonds is 10. The maximum absolute atomic E-state index is 12.4. The van der Waals surface area contributed by atoms with E-state index in [1.54, 1.807) is 0 Å². The molecule has 1 unspecified atom stereocenters. The Hall–Kier alpha value is -3.32. The lowest BCUT2D eigenvalue weighted by Gasteiger charge is -2.42. The van der Waals surface area contributed by atoms with Gasteiger partial charge in [-0.15, -0.1) is 0 Å². The molecular weight excluding hydrogens is 534 g/mol. The number of fused-ring (bicyclic) bond motifs is 1. The zero-order valence-electron chi connectivity index (χ0n) is 26.5. The van der Waals surface area contributed by atoms with Gasteiger partial charge in [-0.2, -0.15) is 0 Å². The van der Waals surface area contributed by atoms with E-state index in [1.165, 1.54) is 17.2 Å². The molecule has 0 radical (unpaired) electrons. The summed E-state index contributed by atoms with van der Waals surface area (Å²) in [6, 6.07) is 9.61. The summed E-state index contributed by atoms with van der Waals surface area (Å²) in [4.78, 5) is 41.3. The lowest BCUT2D eigenvalue weighted by atomic mass is 9.75. The third-order valence-electron chi connectivity index (χ3n) is 9.87. The highest BCUT2D eigenvalue weighted by Crippen LogP contribution is 2.37. The number of Topliss-reactive ketones (excluding diaryl/α,β-unsaturated/α-hetero) is 1. The number of piperazine rings is 1. The average Bonchev–Trinajstić information content (AvgIpc) is 3.04. The lowest BCUT2D eigenvalue weighted by Crippen LogP contribution is -2.56. The number of aromatic nitrogens is 2. The summed E-state index contributed by atoms with van der Waals surface area (Å²) in [5, 5.41) is 0. The van der Waals surface area contributed by atoms with Gasteiger partial charge in [0.05, 0.1) is 0 Å². The zero-order chi connectivity index (χ0) is 30.5. The highest BCUT2D eigenvalue weighted by atomic mass is 16.2. The van der Waals surface area contributed by atoms with Gasteiger partial charge < -0.3 is 9.80 Å². The molecule has 1 saturated heterocycles. The van der Waals surface area contributed by atoms with Crippen LogP contribution in [0.5, 0.6) is 0 Å². The number of benzene rings is 1. The Morgan fingerprint density at radius 1 is 1.07 bits per heavy atom. The number of ketones is 1. The lowest BCUT2D eigenvalue weighted by molar-refractivity contribution is -0.129. The summed E-state index contributed by atoms with van der Waals surface area (Å²) < 4.78 is 0. The van der Waals surface area contributed by atoms with Gasteiger partial charge >= 0.3 is 0 Å². The van der Waals surface area contributed by atoms with Gasteiger partial charge in [0.1, 0.15) is 17.4 Å². The van der Waals surface area contributed by atoms with Crippen LogP contribution in [0, 0.1) is 11.8 Å². The molecular formula is C36H49N5O2. The van der Waals surface area contributed by atoms with Crippen LogP contribution < -0.4 is 4.90 Å². The first-order valence-corrected chi connectivity index (χ1v) is 16.4. The van der Waals surface area contributed by atoms with E-state index in [0.29, 0.717) is 24.2 Å². The van der Waals surface area contributed by atoms with Gasteiger partial charge in [0.2, 0.25) is 5.91 Å². The summed E-state index contributed by atoms with van der Waals surface area (Å²) in [5.41, 5.74) is 3.67. The van der Waals surface area contributed by atoms with Crippen LogP contribution in [0.3, 0.4) is 0 Å². The standard InChI is InChI=1S/C36H49N5O2/c1-6-32-24-40(34(42)7-2)19-18-39(32)20-21-41-26(5)8-11-31-23-37-33(38-36(31)41)22-27-9-12-28(13-10-27)29-14-16-30(17-15-29)35(43)25(3)4/h7-13,23,25-26,29-30,32H,2,6,14-22,24H2,1,3-5H3/t26?,29?,30?,32-/m0/s1. The molecule has 0 spiro atoms. The molecule has 1 amide bonds. The van der Waals surface area contributed by atoms with Crippen LogP contribution >= 0.6 is 0 Å². The normalized spacial score (nSPS) is 24.2. The quantitative estimate of drug-likeness (QED) is 0.325. The van der Waals surface area contributed by atoms with E-state index in [2.05, 4.69) is 66.6 Å². The van der Waals surface area contributed by atoms with E-state index in [1.807, 2.05) is 24.9 Å². The molecule has 1 aliphatic carbocycles. The molecule has 43 heavy (non-hydrogen) atoms. The maximum atomic E-state index is 12.4. The first-order valence-electron chi connectivity index (χ1n) is 16.4. The topological polar surface area (TPSA) is 69.6 Å². The fraction of sp³-hybridized carbons (Fsp3) is 0.556. The number of anilines is 1. The van der Waals surface area contributed by atoms with Crippen LogP contribution in [-0.2, 0) is 16.0 Å². The minimum absolute atomic E-state index is 0.0302. The number of nitrogens with zero attached hydrogens (tertiary/aromatic N) is 5. The van der Waals surface area contributed by atoms with Gasteiger partial charge in [0.25, 0.3) is 0 Å². The summed E-state index contributed by atoms with van der Waals surface area (Å²) in [6.07, 6.45) is 13.7. The van der Waals surface area contributed by atoms with Crippen LogP contribution in [0.25, 0.3) is 6.08 Å². The molecule has 0 bridgehead atoms. The van der Waals surface area contributed by atoms with Crippen molar-refractivity contribution >= 4 is 23.6 Å². The van der Waals surface area contributed by atoms with E-state index in [0.717, 1.165) is 82.0 Å². The minimum Gasteiger partial charge on any atom is -0.349 e. The van der Waals surface area contributed by atoms with Gasteiger partial charge in [0, 0.05) is 74.8 Å². The number of amides is 1. The second kappa shape index (κ2) is 14.0. The molecule has 3 heterocycles. The Morgan fingerprint density at radius 2 is 1.81 bits per heavy atom. The first kappa shape index (κ1) is 31.1. The second-order valence-electron chi connectivity index (χ2n) is 13.0. The number of carbonyl (C=O) groups excluding carboxylic acids is 2. The van der Waals surface area contributed by atoms with E-state index in [-0.39, 0.29) is 23.8 Å². The molecule has 1 aromatic heterocycles. The Balaban J connectivity index is 1.21. The van der Waals surface area contributed by atoms with Gasteiger partial charge in [0.15, 0.2) is 0 Å². The van der Waals surface area contributed by atoms with E-state index >= 15 is 0 Å². The smallest absolute Gasteiger partial charge is 0.246 e. The van der Waals surface area contributed by atoms with Gasteiger partial charge in [-0.05, 0) is 62.1 Å². The predicted octanol–water partition coefficient (Wildman–Crippen LogP) is 5.90. The fourth-order valence-electron chi connectivity index (χ4n) is 7.11. The third kappa shape index (κ3) is 7.26. The van der Waals surface area contributed by atoms with Gasteiger partial charge in [-0.25, -0.2) is 9.97 Å². The number of carbonyl (C=O) groups is 2. The first-order chi connectivity index (χ1) is 20.8. The predicted molar refractivity (Wildman–Crippen MR) is 174 cm³/mol. The Morgan fingerprint density at radius 3 is 2.49 bits per heavy atom. The minimum atomic E-state index is 0.0302. The maximum Gasteiger partial charge on any atom is 0.246 e.